The number of piperazine rings is 1. The molecule has 2 heterocycles. The van der Waals surface area contributed by atoms with Gasteiger partial charge in [-0.1, -0.05) is 6.07 Å². The van der Waals surface area contributed by atoms with Crippen molar-refractivity contribution in [2.24, 2.45) is 0 Å². The van der Waals surface area contributed by atoms with E-state index in [-0.39, 0.29) is 5.54 Å². The number of rotatable bonds is 2. The van der Waals surface area contributed by atoms with Crippen molar-refractivity contribution >= 4 is 21.4 Å². The first-order valence-corrected chi connectivity index (χ1v) is 8.29. The van der Waals surface area contributed by atoms with Crippen LogP contribution in [0.25, 0.3) is 0 Å². The van der Waals surface area contributed by atoms with Gasteiger partial charge in [0.1, 0.15) is 4.21 Å². The summed E-state index contributed by atoms with van der Waals surface area (Å²) in [4.78, 5) is 0. The Balaban J connectivity index is 2.41. The van der Waals surface area contributed by atoms with Gasteiger partial charge in [0, 0.05) is 24.2 Å². The van der Waals surface area contributed by atoms with Gasteiger partial charge in [-0.05, 0) is 39.1 Å². The summed E-state index contributed by atoms with van der Waals surface area (Å²) in [5.41, 5.74) is -0.599. The Kier molecular flexibility index (Phi) is 3.34. The zero-order valence-electron chi connectivity index (χ0n) is 11.2. The smallest absolute Gasteiger partial charge is 0.253 e. The Bertz CT molecular complexity index is 518. The standard InChI is InChI=1S/C12H20N2O2S2/c1-11(2)9-14(12(3,4)8-13-11)18(15,16)10-6-5-7-17-10/h5-7,13H,8-9H2,1-4H3. The first-order chi connectivity index (χ1) is 8.15. The van der Waals surface area contributed by atoms with Crippen molar-refractivity contribution < 1.29 is 8.42 Å². The minimum absolute atomic E-state index is 0.195. The van der Waals surface area contributed by atoms with Crippen LogP contribution in [0.1, 0.15) is 27.7 Å². The van der Waals surface area contributed by atoms with Crippen molar-refractivity contribution in [3.05, 3.63) is 17.5 Å². The van der Waals surface area contributed by atoms with E-state index in [4.69, 9.17) is 0 Å². The maximum Gasteiger partial charge on any atom is 0.253 e. The van der Waals surface area contributed by atoms with Crippen molar-refractivity contribution in [1.82, 2.24) is 9.62 Å². The van der Waals surface area contributed by atoms with E-state index in [9.17, 15) is 8.42 Å². The fourth-order valence-corrected chi connectivity index (χ4v) is 5.15. The molecule has 1 aromatic rings. The van der Waals surface area contributed by atoms with Crippen LogP contribution in [-0.2, 0) is 10.0 Å². The van der Waals surface area contributed by atoms with E-state index < -0.39 is 15.6 Å². The average molecular weight is 288 g/mol. The van der Waals surface area contributed by atoms with Crippen LogP contribution in [-0.4, -0.2) is 36.9 Å². The molecule has 6 heteroatoms. The third-order valence-electron chi connectivity index (χ3n) is 3.25. The maximum atomic E-state index is 12.7. The summed E-state index contributed by atoms with van der Waals surface area (Å²) in [5, 5.41) is 5.19. The molecule has 0 aliphatic carbocycles. The number of hydrogen-bond acceptors (Lipinski definition) is 4. The number of hydrogen-bond donors (Lipinski definition) is 1. The van der Waals surface area contributed by atoms with Gasteiger partial charge < -0.3 is 5.32 Å². The van der Waals surface area contributed by atoms with Crippen LogP contribution in [0.5, 0.6) is 0 Å². The molecule has 1 fully saturated rings. The zero-order valence-corrected chi connectivity index (χ0v) is 12.9. The van der Waals surface area contributed by atoms with Gasteiger partial charge in [0.15, 0.2) is 0 Å². The van der Waals surface area contributed by atoms with Crippen LogP contribution in [0.15, 0.2) is 21.7 Å². The van der Waals surface area contributed by atoms with Crippen molar-refractivity contribution in [3.8, 4) is 0 Å². The fourth-order valence-electron chi connectivity index (χ4n) is 2.10. The first-order valence-electron chi connectivity index (χ1n) is 5.97. The van der Waals surface area contributed by atoms with Crippen LogP contribution in [0.2, 0.25) is 0 Å². The highest BCUT2D eigenvalue weighted by Gasteiger charge is 2.44. The third kappa shape index (κ3) is 2.47. The molecule has 0 radical (unpaired) electrons. The molecule has 1 aliphatic heterocycles. The third-order valence-corrected chi connectivity index (χ3v) is 6.68. The van der Waals surface area contributed by atoms with Crippen molar-refractivity contribution in [1.29, 1.82) is 0 Å². The normalized spacial score (nSPS) is 24.0. The zero-order chi connectivity index (χ0) is 13.6. The quantitative estimate of drug-likeness (QED) is 0.904. The van der Waals surface area contributed by atoms with Crippen molar-refractivity contribution in [2.75, 3.05) is 13.1 Å². The molecule has 1 saturated heterocycles. The fraction of sp³-hybridized carbons (Fsp3) is 0.667. The largest absolute Gasteiger partial charge is 0.309 e. The highest BCUT2D eigenvalue weighted by molar-refractivity contribution is 7.91. The van der Waals surface area contributed by atoms with Crippen molar-refractivity contribution in [2.45, 2.75) is 43.0 Å². The Morgan fingerprint density at radius 3 is 2.56 bits per heavy atom. The van der Waals surface area contributed by atoms with E-state index >= 15 is 0 Å². The molecule has 0 unspecified atom stereocenters. The molecule has 102 valence electrons. The van der Waals surface area contributed by atoms with Gasteiger partial charge in [0.25, 0.3) is 10.0 Å². The lowest BCUT2D eigenvalue weighted by Gasteiger charge is -2.48. The van der Waals surface area contributed by atoms with Gasteiger partial charge in [-0.3, -0.25) is 0 Å². The van der Waals surface area contributed by atoms with Crippen LogP contribution in [0.3, 0.4) is 0 Å². The molecular formula is C12H20N2O2S2. The highest BCUT2D eigenvalue weighted by atomic mass is 32.2. The SMILES string of the molecule is CC1(C)CN(S(=O)(=O)c2cccs2)C(C)(C)CN1. The Hall–Kier alpha value is -0.430. The Morgan fingerprint density at radius 1 is 1.33 bits per heavy atom. The number of thiophene rings is 1. The molecule has 1 N–H and O–H groups in total. The van der Waals surface area contributed by atoms with E-state index in [1.54, 1.807) is 21.8 Å². The predicted molar refractivity (Wildman–Crippen MR) is 74.4 cm³/mol. The lowest BCUT2D eigenvalue weighted by Crippen LogP contribution is -2.67. The first kappa shape index (κ1) is 14.0. The monoisotopic (exact) mass is 288 g/mol. The average Bonchev–Trinajstić information content (AvgIpc) is 2.76. The summed E-state index contributed by atoms with van der Waals surface area (Å²) >= 11 is 1.27. The molecule has 18 heavy (non-hydrogen) atoms. The maximum absolute atomic E-state index is 12.7. The molecule has 0 saturated carbocycles. The summed E-state index contributed by atoms with van der Waals surface area (Å²) in [6, 6.07) is 3.45. The molecule has 0 atom stereocenters. The van der Waals surface area contributed by atoms with Gasteiger partial charge in [0.05, 0.1) is 0 Å². The molecule has 0 amide bonds. The minimum atomic E-state index is -3.39. The van der Waals surface area contributed by atoms with Crippen LogP contribution in [0.4, 0.5) is 0 Å². The van der Waals surface area contributed by atoms with Crippen LogP contribution >= 0.6 is 11.3 Å². The van der Waals surface area contributed by atoms with Crippen LogP contribution in [0, 0.1) is 0 Å². The molecule has 0 bridgehead atoms. The predicted octanol–water partition coefficient (Wildman–Crippen LogP) is 1.90. The summed E-state index contributed by atoms with van der Waals surface area (Å²) < 4.78 is 27.4. The van der Waals surface area contributed by atoms with E-state index in [1.165, 1.54) is 11.3 Å². The van der Waals surface area contributed by atoms with Gasteiger partial charge in [-0.25, -0.2) is 8.42 Å². The molecule has 1 aliphatic rings. The number of nitrogens with one attached hydrogen (secondary N) is 1. The second-order valence-electron chi connectivity index (χ2n) is 5.99. The Labute approximate surface area is 113 Å². The van der Waals surface area contributed by atoms with E-state index in [2.05, 4.69) is 5.32 Å². The van der Waals surface area contributed by atoms with Gasteiger partial charge >= 0.3 is 0 Å². The summed E-state index contributed by atoms with van der Waals surface area (Å²) in [6.45, 7) is 9.12. The lowest BCUT2D eigenvalue weighted by atomic mass is 9.94. The number of sulfonamides is 1. The van der Waals surface area contributed by atoms with Gasteiger partial charge in [-0.2, -0.15) is 4.31 Å². The van der Waals surface area contributed by atoms with E-state index in [1.807, 2.05) is 27.7 Å². The molecular weight excluding hydrogens is 268 g/mol. The van der Waals surface area contributed by atoms with Gasteiger partial charge in [-0.15, -0.1) is 11.3 Å². The molecule has 1 aromatic heterocycles. The van der Waals surface area contributed by atoms with E-state index in [0.717, 1.165) is 0 Å². The van der Waals surface area contributed by atoms with Crippen LogP contribution < -0.4 is 5.32 Å². The molecule has 0 spiro atoms. The minimum Gasteiger partial charge on any atom is -0.309 e. The summed E-state index contributed by atoms with van der Waals surface area (Å²) in [7, 11) is -3.39. The summed E-state index contributed by atoms with van der Waals surface area (Å²) in [5.74, 6) is 0. The van der Waals surface area contributed by atoms with E-state index in [0.29, 0.717) is 17.3 Å². The molecule has 2 rings (SSSR count). The van der Waals surface area contributed by atoms with Crippen molar-refractivity contribution in [3.63, 3.8) is 0 Å². The topological polar surface area (TPSA) is 49.4 Å². The highest BCUT2D eigenvalue weighted by Crippen LogP contribution is 2.31. The van der Waals surface area contributed by atoms with Gasteiger partial charge in [0.2, 0.25) is 0 Å². The molecule has 4 nitrogen and oxygen atoms in total. The molecule has 0 aromatic carbocycles. The Morgan fingerprint density at radius 2 is 2.00 bits per heavy atom. The lowest BCUT2D eigenvalue weighted by molar-refractivity contribution is 0.116. The summed E-state index contributed by atoms with van der Waals surface area (Å²) in [6.07, 6.45) is 0. The second-order valence-corrected chi connectivity index (χ2v) is 9.03. The number of nitrogens with zero attached hydrogens (tertiary/aromatic N) is 1. The second kappa shape index (κ2) is 4.30.